The summed E-state index contributed by atoms with van der Waals surface area (Å²) in [6.45, 7) is 5.78. The van der Waals surface area contributed by atoms with Gasteiger partial charge in [0.05, 0.1) is 16.9 Å². The van der Waals surface area contributed by atoms with Crippen LogP contribution in [0, 0.1) is 5.92 Å². The normalized spacial score (nSPS) is 12.1. The largest absolute Gasteiger partial charge is 0.416 e. The van der Waals surface area contributed by atoms with Crippen molar-refractivity contribution in [1.82, 2.24) is 15.1 Å². The molecule has 2 rings (SSSR count). The second-order valence-corrected chi connectivity index (χ2v) is 5.32. The van der Waals surface area contributed by atoms with E-state index in [4.69, 9.17) is 0 Å². The summed E-state index contributed by atoms with van der Waals surface area (Å²) in [5, 5.41) is 7.61. The zero-order valence-electron chi connectivity index (χ0n) is 12.0. The van der Waals surface area contributed by atoms with Gasteiger partial charge in [0.2, 0.25) is 0 Å². The van der Waals surface area contributed by atoms with Gasteiger partial charge in [0.1, 0.15) is 0 Å². The molecule has 0 spiro atoms. The van der Waals surface area contributed by atoms with Crippen LogP contribution in [0.5, 0.6) is 0 Å². The highest BCUT2D eigenvalue weighted by molar-refractivity contribution is 5.35. The predicted octanol–water partition coefficient (Wildman–Crippen LogP) is 3.64. The molecule has 0 amide bonds. The number of benzene rings is 1. The van der Waals surface area contributed by atoms with Crippen molar-refractivity contribution in [1.29, 1.82) is 0 Å². The third kappa shape index (κ3) is 4.32. The van der Waals surface area contributed by atoms with Crippen LogP contribution in [0.25, 0.3) is 5.69 Å². The van der Waals surface area contributed by atoms with E-state index in [1.165, 1.54) is 12.1 Å². The zero-order valence-corrected chi connectivity index (χ0v) is 12.0. The van der Waals surface area contributed by atoms with E-state index >= 15 is 0 Å². The molecular formula is C15H18F3N3. The van der Waals surface area contributed by atoms with Gasteiger partial charge in [0.15, 0.2) is 0 Å². The summed E-state index contributed by atoms with van der Waals surface area (Å²) >= 11 is 0. The topological polar surface area (TPSA) is 29.9 Å². The van der Waals surface area contributed by atoms with Crippen molar-refractivity contribution in [2.45, 2.75) is 26.6 Å². The van der Waals surface area contributed by atoms with Crippen molar-refractivity contribution in [3.05, 3.63) is 47.8 Å². The van der Waals surface area contributed by atoms with E-state index in [0.717, 1.165) is 24.4 Å². The van der Waals surface area contributed by atoms with Crippen LogP contribution in [-0.2, 0) is 12.7 Å². The summed E-state index contributed by atoms with van der Waals surface area (Å²) in [4.78, 5) is 0. The lowest BCUT2D eigenvalue weighted by molar-refractivity contribution is -0.137. The first-order valence-electron chi connectivity index (χ1n) is 6.79. The fraction of sp³-hybridized carbons (Fsp3) is 0.400. The fourth-order valence-electron chi connectivity index (χ4n) is 1.89. The molecule has 0 aliphatic carbocycles. The molecule has 0 atom stereocenters. The van der Waals surface area contributed by atoms with Crippen LogP contribution < -0.4 is 5.32 Å². The van der Waals surface area contributed by atoms with Crippen molar-refractivity contribution in [3.8, 4) is 5.69 Å². The van der Waals surface area contributed by atoms with Gasteiger partial charge < -0.3 is 5.32 Å². The van der Waals surface area contributed by atoms with Crippen LogP contribution in [0.3, 0.4) is 0 Å². The molecule has 0 fully saturated rings. The Morgan fingerprint density at radius 3 is 2.38 bits per heavy atom. The van der Waals surface area contributed by atoms with E-state index in [1.54, 1.807) is 10.9 Å². The van der Waals surface area contributed by atoms with Crippen LogP contribution in [0.1, 0.15) is 25.1 Å². The van der Waals surface area contributed by atoms with Crippen LogP contribution in [-0.4, -0.2) is 16.3 Å². The van der Waals surface area contributed by atoms with Gasteiger partial charge in [0.25, 0.3) is 0 Å². The SMILES string of the molecule is CC(C)CNCc1ccn(-c2ccc(C(F)(F)F)cc2)n1. The lowest BCUT2D eigenvalue weighted by Gasteiger charge is -2.08. The molecule has 3 nitrogen and oxygen atoms in total. The molecule has 1 N–H and O–H groups in total. The first-order valence-corrected chi connectivity index (χ1v) is 6.79. The molecule has 114 valence electrons. The molecule has 2 aromatic rings. The molecule has 0 aliphatic rings. The first kappa shape index (κ1) is 15.6. The fourth-order valence-corrected chi connectivity index (χ4v) is 1.89. The molecule has 0 bridgehead atoms. The average Bonchev–Trinajstić information content (AvgIpc) is 2.86. The van der Waals surface area contributed by atoms with Crippen molar-refractivity contribution >= 4 is 0 Å². The second-order valence-electron chi connectivity index (χ2n) is 5.32. The molecule has 6 heteroatoms. The number of nitrogens with zero attached hydrogens (tertiary/aromatic N) is 2. The van der Waals surface area contributed by atoms with Crippen LogP contribution in [0.4, 0.5) is 13.2 Å². The summed E-state index contributed by atoms with van der Waals surface area (Å²) in [6.07, 6.45) is -2.57. The molecule has 0 saturated carbocycles. The molecule has 1 heterocycles. The van der Waals surface area contributed by atoms with Crippen molar-refractivity contribution in [2.24, 2.45) is 5.92 Å². The van der Waals surface area contributed by atoms with E-state index in [0.29, 0.717) is 18.2 Å². The minimum Gasteiger partial charge on any atom is -0.311 e. The Balaban J connectivity index is 2.04. The number of hydrogen-bond acceptors (Lipinski definition) is 2. The summed E-state index contributed by atoms with van der Waals surface area (Å²) in [6, 6.07) is 6.81. The Morgan fingerprint density at radius 2 is 1.81 bits per heavy atom. The number of alkyl halides is 3. The Morgan fingerprint density at radius 1 is 1.14 bits per heavy atom. The van der Waals surface area contributed by atoms with Gasteiger partial charge in [0, 0.05) is 12.7 Å². The van der Waals surface area contributed by atoms with Gasteiger partial charge in [-0.3, -0.25) is 0 Å². The van der Waals surface area contributed by atoms with Crippen LogP contribution >= 0.6 is 0 Å². The third-order valence-electron chi connectivity index (χ3n) is 2.96. The minimum atomic E-state index is -4.31. The standard InChI is InChI=1S/C15H18F3N3/c1-11(2)9-19-10-13-7-8-21(20-13)14-5-3-12(4-6-14)15(16,17)18/h3-8,11,19H,9-10H2,1-2H3. The molecule has 0 radical (unpaired) electrons. The van der Waals surface area contributed by atoms with Gasteiger partial charge >= 0.3 is 6.18 Å². The van der Waals surface area contributed by atoms with Crippen molar-refractivity contribution < 1.29 is 13.2 Å². The maximum Gasteiger partial charge on any atom is 0.416 e. The average molecular weight is 297 g/mol. The van der Waals surface area contributed by atoms with Crippen LogP contribution in [0.15, 0.2) is 36.5 Å². The van der Waals surface area contributed by atoms with E-state index in [1.807, 2.05) is 6.07 Å². The van der Waals surface area contributed by atoms with Crippen molar-refractivity contribution in [3.63, 3.8) is 0 Å². The van der Waals surface area contributed by atoms with E-state index in [2.05, 4.69) is 24.3 Å². The van der Waals surface area contributed by atoms with E-state index in [9.17, 15) is 13.2 Å². The Hall–Kier alpha value is -1.82. The molecule has 0 aliphatic heterocycles. The Labute approximate surface area is 121 Å². The van der Waals surface area contributed by atoms with Gasteiger partial charge in [-0.25, -0.2) is 4.68 Å². The summed E-state index contributed by atoms with van der Waals surface area (Å²) in [7, 11) is 0. The molecule has 21 heavy (non-hydrogen) atoms. The van der Waals surface area contributed by atoms with E-state index < -0.39 is 11.7 Å². The lowest BCUT2D eigenvalue weighted by Crippen LogP contribution is -2.19. The minimum absolute atomic E-state index is 0.557. The highest BCUT2D eigenvalue weighted by Gasteiger charge is 2.29. The molecule has 0 unspecified atom stereocenters. The summed E-state index contributed by atoms with van der Waals surface area (Å²) in [5.41, 5.74) is 0.811. The maximum absolute atomic E-state index is 12.5. The number of rotatable bonds is 5. The monoisotopic (exact) mass is 297 g/mol. The Kier molecular flexibility index (Phi) is 4.67. The van der Waals surface area contributed by atoms with Crippen LogP contribution in [0.2, 0.25) is 0 Å². The van der Waals surface area contributed by atoms with Gasteiger partial charge in [-0.05, 0) is 42.8 Å². The van der Waals surface area contributed by atoms with Crippen molar-refractivity contribution in [2.75, 3.05) is 6.54 Å². The number of halogens is 3. The molecule has 1 aromatic heterocycles. The number of nitrogens with one attached hydrogen (secondary N) is 1. The van der Waals surface area contributed by atoms with E-state index in [-0.39, 0.29) is 0 Å². The smallest absolute Gasteiger partial charge is 0.311 e. The van der Waals surface area contributed by atoms with Gasteiger partial charge in [-0.1, -0.05) is 13.8 Å². The molecule has 0 saturated heterocycles. The second kappa shape index (κ2) is 6.30. The third-order valence-corrected chi connectivity index (χ3v) is 2.96. The molecule has 1 aromatic carbocycles. The summed E-state index contributed by atoms with van der Waals surface area (Å²) < 4.78 is 39.1. The first-order chi connectivity index (χ1) is 9.86. The zero-order chi connectivity index (χ0) is 15.5. The quantitative estimate of drug-likeness (QED) is 0.913. The summed E-state index contributed by atoms with van der Waals surface area (Å²) in [5.74, 6) is 0.557. The number of aromatic nitrogens is 2. The maximum atomic E-state index is 12.5. The predicted molar refractivity (Wildman–Crippen MR) is 75.1 cm³/mol. The molecular weight excluding hydrogens is 279 g/mol. The lowest BCUT2D eigenvalue weighted by atomic mass is 10.2. The highest BCUT2D eigenvalue weighted by atomic mass is 19.4. The van der Waals surface area contributed by atoms with Gasteiger partial charge in [-0.15, -0.1) is 0 Å². The Bertz CT molecular complexity index is 571. The van der Waals surface area contributed by atoms with Gasteiger partial charge in [-0.2, -0.15) is 18.3 Å². The number of hydrogen-bond donors (Lipinski definition) is 1. The highest BCUT2D eigenvalue weighted by Crippen LogP contribution is 2.29.